The van der Waals surface area contributed by atoms with Crippen LogP contribution in [0.15, 0.2) is 18.6 Å². The summed E-state index contributed by atoms with van der Waals surface area (Å²) in [6.45, 7) is 0.294. The van der Waals surface area contributed by atoms with Crippen LogP contribution in [0.2, 0.25) is 0 Å². The van der Waals surface area contributed by atoms with Gasteiger partial charge >= 0.3 is 0 Å². The normalized spacial score (nSPS) is 10.0. The number of nitrogens with zero attached hydrogens (tertiary/aromatic N) is 4. The maximum absolute atomic E-state index is 11.5. The van der Waals surface area contributed by atoms with Crippen LogP contribution < -0.4 is 11.1 Å². The Bertz CT molecular complexity index is 480. The van der Waals surface area contributed by atoms with E-state index in [1.54, 1.807) is 12.3 Å². The first-order chi connectivity index (χ1) is 7.75. The summed E-state index contributed by atoms with van der Waals surface area (Å²) in [6, 6.07) is 1.70. The van der Waals surface area contributed by atoms with Gasteiger partial charge < -0.3 is 11.1 Å². The van der Waals surface area contributed by atoms with Crippen molar-refractivity contribution < 1.29 is 4.79 Å². The van der Waals surface area contributed by atoms with Crippen molar-refractivity contribution >= 4 is 11.9 Å². The summed E-state index contributed by atoms with van der Waals surface area (Å²) in [5, 5.41) is 8.57. The van der Waals surface area contributed by atoms with E-state index in [1.165, 1.54) is 6.33 Å². The van der Waals surface area contributed by atoms with Crippen LogP contribution in [0.5, 0.6) is 0 Å². The number of carbonyl (C=O) groups is 1. The summed E-state index contributed by atoms with van der Waals surface area (Å²) >= 11 is 0. The van der Waals surface area contributed by atoms with E-state index in [-0.39, 0.29) is 17.7 Å². The monoisotopic (exact) mass is 219 g/mol. The Hall–Kier alpha value is -2.51. The Kier molecular flexibility index (Phi) is 2.72. The smallest absolute Gasteiger partial charge is 0.288 e. The number of H-pyrrole nitrogens is 1. The van der Waals surface area contributed by atoms with Crippen LogP contribution in [0.4, 0.5) is 5.95 Å². The predicted octanol–water partition coefficient (Wildman–Crippen LogP) is -0.893. The highest BCUT2D eigenvalue weighted by Crippen LogP contribution is 1.94. The number of amides is 1. The zero-order chi connectivity index (χ0) is 11.4. The van der Waals surface area contributed by atoms with Gasteiger partial charge in [0.05, 0.1) is 12.2 Å². The third-order valence-corrected chi connectivity index (χ3v) is 1.79. The molecule has 2 aromatic heterocycles. The highest BCUT2D eigenvalue weighted by atomic mass is 16.2. The van der Waals surface area contributed by atoms with Gasteiger partial charge in [-0.15, -0.1) is 5.10 Å². The van der Waals surface area contributed by atoms with Gasteiger partial charge in [-0.1, -0.05) is 0 Å². The molecular formula is C8H9N7O. The fourth-order valence-electron chi connectivity index (χ4n) is 1.05. The summed E-state index contributed by atoms with van der Waals surface area (Å²) in [7, 11) is 0. The van der Waals surface area contributed by atoms with E-state index < -0.39 is 0 Å². The van der Waals surface area contributed by atoms with Crippen LogP contribution in [0.3, 0.4) is 0 Å². The van der Waals surface area contributed by atoms with E-state index in [0.29, 0.717) is 12.2 Å². The number of aromatic nitrogens is 5. The molecular weight excluding hydrogens is 210 g/mol. The van der Waals surface area contributed by atoms with Crippen LogP contribution in [0.25, 0.3) is 0 Å². The zero-order valence-corrected chi connectivity index (χ0v) is 8.21. The molecule has 0 aliphatic carbocycles. The van der Waals surface area contributed by atoms with Gasteiger partial charge in [-0.25, -0.2) is 9.97 Å². The van der Waals surface area contributed by atoms with Gasteiger partial charge in [-0.2, -0.15) is 4.98 Å². The number of nitrogen functional groups attached to an aromatic ring is 1. The van der Waals surface area contributed by atoms with Gasteiger partial charge in [0, 0.05) is 6.20 Å². The van der Waals surface area contributed by atoms with Crippen molar-refractivity contribution in [2.24, 2.45) is 0 Å². The lowest BCUT2D eigenvalue weighted by molar-refractivity contribution is 0.0940. The second kappa shape index (κ2) is 4.34. The van der Waals surface area contributed by atoms with E-state index in [0.717, 1.165) is 0 Å². The predicted molar refractivity (Wildman–Crippen MR) is 54.0 cm³/mol. The van der Waals surface area contributed by atoms with Gasteiger partial charge in [0.15, 0.2) is 0 Å². The Morgan fingerprint density at radius 3 is 3.06 bits per heavy atom. The SMILES string of the molecule is Nc1n[nH]c(C(=O)NCc2ccncn2)n1. The van der Waals surface area contributed by atoms with Gasteiger partial charge in [0.1, 0.15) is 6.33 Å². The lowest BCUT2D eigenvalue weighted by Gasteiger charge is -2.00. The number of carbonyl (C=O) groups excluding carboxylic acids is 1. The molecule has 0 bridgehead atoms. The fourth-order valence-corrected chi connectivity index (χ4v) is 1.05. The molecule has 16 heavy (non-hydrogen) atoms. The molecule has 0 unspecified atom stereocenters. The summed E-state index contributed by atoms with van der Waals surface area (Å²) in [5.74, 6) is -0.276. The topological polar surface area (TPSA) is 122 Å². The molecule has 0 aromatic carbocycles. The first-order valence-electron chi connectivity index (χ1n) is 4.46. The third-order valence-electron chi connectivity index (χ3n) is 1.79. The van der Waals surface area contributed by atoms with Crippen LogP contribution in [-0.2, 0) is 6.54 Å². The van der Waals surface area contributed by atoms with Crippen molar-refractivity contribution in [1.29, 1.82) is 0 Å². The maximum atomic E-state index is 11.5. The zero-order valence-electron chi connectivity index (χ0n) is 8.21. The molecule has 0 radical (unpaired) electrons. The summed E-state index contributed by atoms with van der Waals surface area (Å²) in [6.07, 6.45) is 3.01. The fraction of sp³-hybridized carbons (Fsp3) is 0.125. The van der Waals surface area contributed by atoms with Crippen molar-refractivity contribution in [1.82, 2.24) is 30.5 Å². The average molecular weight is 219 g/mol. The lowest BCUT2D eigenvalue weighted by Crippen LogP contribution is -2.24. The minimum atomic E-state index is -0.386. The van der Waals surface area contributed by atoms with Crippen LogP contribution in [-0.4, -0.2) is 31.1 Å². The molecule has 0 saturated carbocycles. The van der Waals surface area contributed by atoms with E-state index in [2.05, 4.69) is 30.5 Å². The Balaban J connectivity index is 1.94. The number of aromatic amines is 1. The van der Waals surface area contributed by atoms with Gasteiger partial charge in [0.25, 0.3) is 5.91 Å². The average Bonchev–Trinajstić information content (AvgIpc) is 2.74. The quantitative estimate of drug-likeness (QED) is 0.615. The standard InChI is InChI=1S/C8H9N7O/c9-8-13-6(14-15-8)7(16)11-3-5-1-2-10-4-12-5/h1-2,4H,3H2,(H,11,16)(H3,9,13,14,15). The molecule has 2 rings (SSSR count). The van der Waals surface area contributed by atoms with Crippen LogP contribution in [0.1, 0.15) is 16.3 Å². The molecule has 82 valence electrons. The van der Waals surface area contributed by atoms with E-state index >= 15 is 0 Å². The number of nitrogens with one attached hydrogen (secondary N) is 2. The minimum absolute atomic E-state index is 0.0344. The maximum Gasteiger partial charge on any atom is 0.288 e. The molecule has 8 nitrogen and oxygen atoms in total. The highest BCUT2D eigenvalue weighted by molar-refractivity contribution is 5.90. The first-order valence-corrected chi connectivity index (χ1v) is 4.46. The van der Waals surface area contributed by atoms with E-state index in [1.807, 2.05) is 0 Å². The summed E-state index contributed by atoms with van der Waals surface area (Å²) in [5.41, 5.74) is 5.97. The van der Waals surface area contributed by atoms with Crippen molar-refractivity contribution in [2.75, 3.05) is 5.73 Å². The van der Waals surface area contributed by atoms with E-state index in [9.17, 15) is 4.79 Å². The molecule has 4 N–H and O–H groups in total. The minimum Gasteiger partial charge on any atom is -0.366 e. The number of hydrogen-bond donors (Lipinski definition) is 3. The molecule has 0 fully saturated rings. The summed E-state index contributed by atoms with van der Waals surface area (Å²) < 4.78 is 0. The Morgan fingerprint density at radius 2 is 2.44 bits per heavy atom. The largest absolute Gasteiger partial charge is 0.366 e. The number of rotatable bonds is 3. The van der Waals surface area contributed by atoms with Crippen molar-refractivity contribution in [3.8, 4) is 0 Å². The first kappa shape index (κ1) is 10.0. The molecule has 0 aliphatic heterocycles. The number of nitrogens with two attached hydrogens (primary N) is 1. The second-order valence-corrected chi connectivity index (χ2v) is 2.93. The highest BCUT2D eigenvalue weighted by Gasteiger charge is 2.09. The molecule has 2 aromatic rings. The van der Waals surface area contributed by atoms with Crippen molar-refractivity contribution in [3.05, 3.63) is 30.1 Å². The number of anilines is 1. The Labute approximate surface area is 90.3 Å². The van der Waals surface area contributed by atoms with Crippen molar-refractivity contribution in [2.45, 2.75) is 6.54 Å². The molecule has 8 heteroatoms. The Morgan fingerprint density at radius 1 is 1.56 bits per heavy atom. The van der Waals surface area contributed by atoms with Gasteiger partial charge in [-0.05, 0) is 6.07 Å². The third kappa shape index (κ3) is 2.29. The second-order valence-electron chi connectivity index (χ2n) is 2.93. The molecule has 2 heterocycles. The molecule has 0 aliphatic rings. The number of hydrogen-bond acceptors (Lipinski definition) is 6. The van der Waals surface area contributed by atoms with Gasteiger partial charge in [0.2, 0.25) is 11.8 Å². The van der Waals surface area contributed by atoms with E-state index in [4.69, 9.17) is 5.73 Å². The van der Waals surface area contributed by atoms with Crippen LogP contribution >= 0.6 is 0 Å². The molecule has 1 amide bonds. The lowest BCUT2D eigenvalue weighted by atomic mass is 10.4. The molecule has 0 spiro atoms. The van der Waals surface area contributed by atoms with Gasteiger partial charge in [-0.3, -0.25) is 9.89 Å². The van der Waals surface area contributed by atoms with Crippen LogP contribution in [0, 0.1) is 0 Å². The van der Waals surface area contributed by atoms with Crippen molar-refractivity contribution in [3.63, 3.8) is 0 Å². The molecule has 0 atom stereocenters. The summed E-state index contributed by atoms with van der Waals surface area (Å²) in [4.78, 5) is 22.9. The molecule has 0 saturated heterocycles.